The number of halogens is 3. The van der Waals surface area contributed by atoms with E-state index in [1.807, 2.05) is 6.92 Å². The summed E-state index contributed by atoms with van der Waals surface area (Å²) >= 11 is 0. The molecular weight excluding hydrogens is 333 g/mol. The first-order valence-electron chi connectivity index (χ1n) is 8.22. The summed E-state index contributed by atoms with van der Waals surface area (Å²) < 4.78 is 39.0. The number of imidazole rings is 1. The van der Waals surface area contributed by atoms with Crippen LogP contribution in [0, 0.1) is 12.3 Å². The van der Waals surface area contributed by atoms with E-state index in [0.29, 0.717) is 24.2 Å². The van der Waals surface area contributed by atoms with Gasteiger partial charge < -0.3 is 20.6 Å². The van der Waals surface area contributed by atoms with E-state index in [0.717, 1.165) is 24.3 Å². The fourth-order valence-corrected chi connectivity index (χ4v) is 3.56. The maximum Gasteiger partial charge on any atom is 0.389 e. The number of rotatable bonds is 5. The highest BCUT2D eigenvalue weighted by Gasteiger charge is 2.30. The molecular formula is C16H21F3N6. The SMILES string of the molecule is Cc1nc2cnc(N)c(C=N)c2n1C1CCN(CCCC(F)(F)F)C1. The van der Waals surface area contributed by atoms with Gasteiger partial charge >= 0.3 is 6.18 Å². The quantitative estimate of drug-likeness (QED) is 0.809. The molecule has 0 aromatic carbocycles. The third kappa shape index (κ3) is 3.60. The number of hydrogen-bond donors (Lipinski definition) is 2. The maximum atomic E-state index is 12.3. The first kappa shape index (κ1) is 17.7. The van der Waals surface area contributed by atoms with Crippen molar-refractivity contribution in [3.8, 4) is 0 Å². The highest BCUT2D eigenvalue weighted by atomic mass is 19.4. The zero-order valence-corrected chi connectivity index (χ0v) is 14.0. The highest BCUT2D eigenvalue weighted by molar-refractivity contribution is 5.99. The largest absolute Gasteiger partial charge is 0.389 e. The first-order chi connectivity index (χ1) is 11.8. The Bertz CT molecular complexity index is 782. The van der Waals surface area contributed by atoms with Crippen LogP contribution in [0.15, 0.2) is 6.20 Å². The van der Waals surface area contributed by atoms with Crippen LogP contribution in [0.4, 0.5) is 19.0 Å². The Hall–Kier alpha value is -2.16. The summed E-state index contributed by atoms with van der Waals surface area (Å²) in [6.45, 7) is 3.74. The molecule has 2 aromatic heterocycles. The van der Waals surface area contributed by atoms with Crippen LogP contribution >= 0.6 is 0 Å². The molecule has 25 heavy (non-hydrogen) atoms. The first-order valence-corrected chi connectivity index (χ1v) is 8.22. The average Bonchev–Trinajstić information content (AvgIpc) is 3.09. The van der Waals surface area contributed by atoms with Crippen molar-refractivity contribution in [2.24, 2.45) is 0 Å². The number of nitrogens with zero attached hydrogens (tertiary/aromatic N) is 4. The molecule has 1 aliphatic heterocycles. The fourth-order valence-electron chi connectivity index (χ4n) is 3.56. The lowest BCUT2D eigenvalue weighted by molar-refractivity contribution is -0.136. The lowest BCUT2D eigenvalue weighted by atomic mass is 10.2. The summed E-state index contributed by atoms with van der Waals surface area (Å²) in [6.07, 6.45) is -1.13. The Labute approximate surface area is 143 Å². The number of aromatic nitrogens is 3. The molecule has 3 rings (SSSR count). The zero-order chi connectivity index (χ0) is 18.2. The summed E-state index contributed by atoms with van der Waals surface area (Å²) in [6, 6.07) is 0.108. The molecule has 9 heteroatoms. The summed E-state index contributed by atoms with van der Waals surface area (Å²) in [7, 11) is 0. The Balaban J connectivity index is 1.80. The zero-order valence-electron chi connectivity index (χ0n) is 14.0. The van der Waals surface area contributed by atoms with Crippen molar-refractivity contribution in [2.45, 2.75) is 38.4 Å². The predicted octanol–water partition coefficient (Wildman–Crippen LogP) is 2.91. The number of hydrogen-bond acceptors (Lipinski definition) is 5. The number of nitrogens with one attached hydrogen (secondary N) is 1. The normalized spacial score (nSPS) is 19.0. The van der Waals surface area contributed by atoms with Crippen LogP contribution < -0.4 is 5.73 Å². The Morgan fingerprint density at radius 3 is 2.88 bits per heavy atom. The van der Waals surface area contributed by atoms with Gasteiger partial charge in [0.15, 0.2) is 0 Å². The van der Waals surface area contributed by atoms with Gasteiger partial charge in [-0.3, -0.25) is 0 Å². The topological polar surface area (TPSA) is 83.8 Å². The minimum Gasteiger partial charge on any atom is -0.383 e. The van der Waals surface area contributed by atoms with Crippen molar-refractivity contribution < 1.29 is 13.2 Å². The van der Waals surface area contributed by atoms with Gasteiger partial charge in [-0.25, -0.2) is 9.97 Å². The van der Waals surface area contributed by atoms with E-state index >= 15 is 0 Å². The van der Waals surface area contributed by atoms with E-state index in [2.05, 4.69) is 19.4 Å². The molecule has 0 spiro atoms. The van der Waals surface area contributed by atoms with Gasteiger partial charge in [-0.05, 0) is 26.3 Å². The number of anilines is 1. The molecule has 0 radical (unpaired) electrons. The molecule has 2 aromatic rings. The van der Waals surface area contributed by atoms with Crippen LogP contribution in [0.3, 0.4) is 0 Å². The lowest BCUT2D eigenvalue weighted by Crippen LogP contribution is -2.24. The van der Waals surface area contributed by atoms with Gasteiger partial charge in [0.05, 0.1) is 17.3 Å². The van der Waals surface area contributed by atoms with Crippen molar-refractivity contribution in [1.29, 1.82) is 5.41 Å². The van der Waals surface area contributed by atoms with Crippen LogP contribution in [0.2, 0.25) is 0 Å². The van der Waals surface area contributed by atoms with E-state index in [1.54, 1.807) is 6.20 Å². The van der Waals surface area contributed by atoms with Crippen LogP contribution in [0.25, 0.3) is 11.0 Å². The van der Waals surface area contributed by atoms with Gasteiger partial charge in [0.2, 0.25) is 0 Å². The molecule has 1 saturated heterocycles. The Morgan fingerprint density at radius 1 is 1.44 bits per heavy atom. The third-order valence-corrected chi connectivity index (χ3v) is 4.66. The number of pyridine rings is 1. The van der Waals surface area contributed by atoms with E-state index in [4.69, 9.17) is 11.1 Å². The van der Waals surface area contributed by atoms with Crippen LogP contribution in [-0.4, -0.2) is 51.5 Å². The average molecular weight is 354 g/mol. The minimum atomic E-state index is -4.10. The van der Waals surface area contributed by atoms with Crippen molar-refractivity contribution in [3.05, 3.63) is 17.6 Å². The number of nitrogens with two attached hydrogens (primary N) is 1. The van der Waals surface area contributed by atoms with Crippen LogP contribution in [0.1, 0.15) is 36.7 Å². The monoisotopic (exact) mass is 354 g/mol. The van der Waals surface area contributed by atoms with Crippen molar-refractivity contribution in [1.82, 2.24) is 19.4 Å². The molecule has 1 fully saturated rings. The summed E-state index contributed by atoms with van der Waals surface area (Å²) in [5.74, 6) is 1.08. The molecule has 1 atom stereocenters. The molecule has 136 valence electrons. The highest BCUT2D eigenvalue weighted by Crippen LogP contribution is 2.31. The van der Waals surface area contributed by atoms with Crippen LogP contribution in [-0.2, 0) is 0 Å². The second-order valence-electron chi connectivity index (χ2n) is 6.43. The molecule has 3 N–H and O–H groups in total. The number of fused-ring (bicyclic) bond motifs is 1. The van der Waals surface area contributed by atoms with Gasteiger partial charge in [0.1, 0.15) is 17.2 Å². The van der Waals surface area contributed by atoms with Gasteiger partial charge in [-0.1, -0.05) is 0 Å². The Morgan fingerprint density at radius 2 is 2.20 bits per heavy atom. The molecule has 0 aliphatic carbocycles. The van der Waals surface area contributed by atoms with Gasteiger partial charge in [-0.2, -0.15) is 13.2 Å². The molecule has 0 amide bonds. The second kappa shape index (κ2) is 6.62. The van der Waals surface area contributed by atoms with E-state index in [1.165, 1.54) is 6.21 Å². The maximum absolute atomic E-state index is 12.3. The fraction of sp³-hybridized carbons (Fsp3) is 0.562. The lowest BCUT2D eigenvalue weighted by Gasteiger charge is -2.19. The Kier molecular flexibility index (Phi) is 4.68. The molecule has 0 bridgehead atoms. The third-order valence-electron chi connectivity index (χ3n) is 4.66. The minimum absolute atomic E-state index is 0.108. The van der Waals surface area contributed by atoms with E-state index < -0.39 is 12.6 Å². The molecule has 6 nitrogen and oxygen atoms in total. The second-order valence-corrected chi connectivity index (χ2v) is 6.43. The summed E-state index contributed by atoms with van der Waals surface area (Å²) in [5, 5.41) is 7.63. The van der Waals surface area contributed by atoms with Gasteiger partial charge in [0.25, 0.3) is 0 Å². The molecule has 1 aliphatic rings. The number of nitrogen functional groups attached to an aromatic ring is 1. The predicted molar refractivity (Wildman–Crippen MR) is 89.9 cm³/mol. The standard InChI is InChI=1S/C16H21F3N6/c1-10-23-13-8-22-15(21)12(7-20)14(13)25(10)11-3-6-24(9-11)5-2-4-16(17,18)19/h7-8,11,20H,2-6,9H2,1H3,(H2,21,22). The molecule has 0 saturated carbocycles. The summed E-state index contributed by atoms with van der Waals surface area (Å²) in [5.41, 5.74) is 7.88. The summed E-state index contributed by atoms with van der Waals surface area (Å²) in [4.78, 5) is 10.6. The van der Waals surface area contributed by atoms with Crippen molar-refractivity contribution in [2.75, 3.05) is 25.4 Å². The van der Waals surface area contributed by atoms with Crippen LogP contribution in [0.5, 0.6) is 0 Å². The molecule has 3 heterocycles. The number of aryl methyl sites for hydroxylation is 1. The molecule has 1 unspecified atom stereocenters. The van der Waals surface area contributed by atoms with E-state index in [9.17, 15) is 13.2 Å². The van der Waals surface area contributed by atoms with Crippen molar-refractivity contribution in [3.63, 3.8) is 0 Å². The van der Waals surface area contributed by atoms with E-state index in [-0.39, 0.29) is 18.3 Å². The van der Waals surface area contributed by atoms with Crippen molar-refractivity contribution >= 4 is 23.1 Å². The van der Waals surface area contributed by atoms with Gasteiger partial charge in [-0.15, -0.1) is 0 Å². The smallest absolute Gasteiger partial charge is 0.383 e. The number of alkyl halides is 3. The van der Waals surface area contributed by atoms with Gasteiger partial charge in [0, 0.05) is 31.8 Å². The number of likely N-dealkylation sites (tertiary alicyclic amines) is 1.